The van der Waals surface area contributed by atoms with Gasteiger partial charge in [-0.1, -0.05) is 54.2 Å². The summed E-state index contributed by atoms with van der Waals surface area (Å²) in [6.45, 7) is 5.11. The molecule has 170 valence electrons. The maximum atomic E-state index is 13.3. The summed E-state index contributed by atoms with van der Waals surface area (Å²) in [7, 11) is 0. The van der Waals surface area contributed by atoms with Crippen LogP contribution in [0.2, 0.25) is 0 Å². The molecule has 1 aliphatic heterocycles. The van der Waals surface area contributed by atoms with Crippen LogP contribution in [0.15, 0.2) is 69.9 Å². The first-order valence-corrected chi connectivity index (χ1v) is 13.1. The monoisotopic (exact) mass is 478 g/mol. The molecule has 0 unspecified atom stereocenters. The normalized spacial score (nSPS) is 14.7. The van der Waals surface area contributed by atoms with Gasteiger partial charge in [-0.3, -0.25) is 14.3 Å². The smallest absolute Gasteiger partial charge is 0.262 e. The Kier molecular flexibility index (Phi) is 7.16. The highest BCUT2D eigenvalue weighted by atomic mass is 32.2. The average Bonchev–Trinajstić information content (AvgIpc) is 3.35. The third kappa shape index (κ3) is 5.35. The molecule has 1 aliphatic rings. The highest BCUT2D eigenvalue weighted by Crippen LogP contribution is 2.27. The summed E-state index contributed by atoms with van der Waals surface area (Å²) in [6.07, 6.45) is 0.905. The van der Waals surface area contributed by atoms with Gasteiger partial charge in [0.05, 0.1) is 29.8 Å². The summed E-state index contributed by atoms with van der Waals surface area (Å²) >= 11 is 3.23. The van der Waals surface area contributed by atoms with Crippen molar-refractivity contribution in [2.24, 2.45) is 0 Å². The van der Waals surface area contributed by atoms with E-state index in [2.05, 4.69) is 22.4 Å². The lowest BCUT2D eigenvalue weighted by molar-refractivity contribution is 0.0368. The Morgan fingerprint density at radius 2 is 1.76 bits per heavy atom. The van der Waals surface area contributed by atoms with Crippen LogP contribution in [0.25, 0.3) is 21.5 Å². The number of benzene rings is 2. The van der Waals surface area contributed by atoms with Gasteiger partial charge in [-0.05, 0) is 18.6 Å². The summed E-state index contributed by atoms with van der Waals surface area (Å²) in [5.41, 5.74) is 2.92. The van der Waals surface area contributed by atoms with Crippen molar-refractivity contribution in [2.45, 2.75) is 23.9 Å². The lowest BCUT2D eigenvalue weighted by atomic mass is 10.2. The van der Waals surface area contributed by atoms with Crippen LogP contribution in [0.5, 0.6) is 0 Å². The second-order valence-electron chi connectivity index (χ2n) is 7.97. The second-order valence-corrected chi connectivity index (χ2v) is 9.78. The number of thioether (sulfide) groups is 1. The van der Waals surface area contributed by atoms with Crippen molar-refractivity contribution in [3.63, 3.8) is 0 Å². The number of rotatable bonds is 8. The van der Waals surface area contributed by atoms with Gasteiger partial charge in [0.1, 0.15) is 5.01 Å². The lowest BCUT2D eigenvalue weighted by Gasteiger charge is -2.26. The summed E-state index contributed by atoms with van der Waals surface area (Å²) in [6, 6.07) is 17.8. The van der Waals surface area contributed by atoms with Crippen molar-refractivity contribution in [1.29, 1.82) is 0 Å². The fraction of sp³-hybridized carbons (Fsp3) is 0.320. The maximum absolute atomic E-state index is 13.3. The Balaban J connectivity index is 1.34. The Hall–Kier alpha value is -2.52. The number of para-hydroxylation sites is 1. The van der Waals surface area contributed by atoms with Gasteiger partial charge in [0.25, 0.3) is 5.56 Å². The molecule has 0 atom stereocenters. The van der Waals surface area contributed by atoms with Gasteiger partial charge < -0.3 is 4.74 Å². The fourth-order valence-corrected chi connectivity index (χ4v) is 5.81. The van der Waals surface area contributed by atoms with Gasteiger partial charge in [-0.25, -0.2) is 9.97 Å². The molecule has 2 aromatic carbocycles. The van der Waals surface area contributed by atoms with Crippen LogP contribution >= 0.6 is 23.1 Å². The van der Waals surface area contributed by atoms with E-state index in [0.717, 1.165) is 66.2 Å². The molecule has 8 heteroatoms. The summed E-state index contributed by atoms with van der Waals surface area (Å²) in [5, 5.41) is 4.54. The van der Waals surface area contributed by atoms with E-state index < -0.39 is 0 Å². The first-order chi connectivity index (χ1) is 16.3. The van der Waals surface area contributed by atoms with E-state index in [1.807, 2.05) is 47.0 Å². The van der Waals surface area contributed by atoms with Crippen molar-refractivity contribution in [3.8, 4) is 10.6 Å². The number of hydrogen-bond donors (Lipinski definition) is 0. The summed E-state index contributed by atoms with van der Waals surface area (Å²) < 4.78 is 7.28. The highest BCUT2D eigenvalue weighted by Gasteiger charge is 2.14. The molecule has 33 heavy (non-hydrogen) atoms. The van der Waals surface area contributed by atoms with Gasteiger partial charge in [0.2, 0.25) is 0 Å². The van der Waals surface area contributed by atoms with Crippen LogP contribution in [-0.4, -0.2) is 52.3 Å². The Bertz CT molecular complexity index is 1270. The molecular weight excluding hydrogens is 452 g/mol. The third-order valence-electron chi connectivity index (χ3n) is 5.71. The minimum Gasteiger partial charge on any atom is -0.379 e. The quantitative estimate of drug-likeness (QED) is 0.274. The van der Waals surface area contributed by atoms with Crippen LogP contribution in [-0.2, 0) is 17.0 Å². The zero-order chi connectivity index (χ0) is 22.5. The average molecular weight is 479 g/mol. The molecule has 0 N–H and O–H groups in total. The molecule has 0 saturated carbocycles. The molecule has 2 aromatic heterocycles. The molecule has 1 saturated heterocycles. The largest absolute Gasteiger partial charge is 0.379 e. The molecule has 0 spiro atoms. The number of thiazole rings is 1. The van der Waals surface area contributed by atoms with Crippen LogP contribution in [0.3, 0.4) is 0 Å². The van der Waals surface area contributed by atoms with Gasteiger partial charge in [-0.15, -0.1) is 11.3 Å². The van der Waals surface area contributed by atoms with E-state index in [4.69, 9.17) is 14.7 Å². The van der Waals surface area contributed by atoms with Crippen LogP contribution in [0, 0.1) is 0 Å². The lowest BCUT2D eigenvalue weighted by Crippen LogP contribution is -2.37. The van der Waals surface area contributed by atoms with Gasteiger partial charge in [-0.2, -0.15) is 0 Å². The number of hydrogen-bond acceptors (Lipinski definition) is 7. The zero-order valence-electron chi connectivity index (χ0n) is 18.4. The number of aromatic nitrogens is 3. The molecular formula is C25H26N4O2S2. The van der Waals surface area contributed by atoms with Crippen molar-refractivity contribution >= 4 is 34.0 Å². The van der Waals surface area contributed by atoms with Crippen LogP contribution in [0.1, 0.15) is 12.1 Å². The number of nitrogens with zero attached hydrogens (tertiary/aromatic N) is 4. The minimum atomic E-state index is 0.0355. The predicted molar refractivity (Wildman–Crippen MR) is 135 cm³/mol. The Morgan fingerprint density at radius 3 is 2.61 bits per heavy atom. The van der Waals surface area contributed by atoms with E-state index in [9.17, 15) is 4.79 Å². The van der Waals surface area contributed by atoms with Gasteiger partial charge >= 0.3 is 0 Å². The number of fused-ring (bicyclic) bond motifs is 1. The molecule has 1 fully saturated rings. The molecule has 4 aromatic rings. The topological polar surface area (TPSA) is 60.2 Å². The van der Waals surface area contributed by atoms with Crippen molar-refractivity contribution in [1.82, 2.24) is 19.4 Å². The van der Waals surface area contributed by atoms with E-state index in [1.54, 1.807) is 23.1 Å². The molecule has 0 amide bonds. The van der Waals surface area contributed by atoms with E-state index in [1.165, 1.54) is 0 Å². The van der Waals surface area contributed by atoms with Gasteiger partial charge in [0.15, 0.2) is 5.16 Å². The maximum Gasteiger partial charge on any atom is 0.262 e. The van der Waals surface area contributed by atoms with E-state index in [-0.39, 0.29) is 5.56 Å². The SMILES string of the molecule is O=c1c2ccccc2nc(SCc2csc(-c3ccccc3)n2)n1CCCN1CCOCC1. The predicted octanol–water partition coefficient (Wildman–Crippen LogP) is 4.53. The third-order valence-corrected chi connectivity index (χ3v) is 7.66. The first-order valence-electron chi connectivity index (χ1n) is 11.2. The Labute approximate surface area is 201 Å². The standard InChI is InChI=1S/C25H26N4O2S2/c30-24-21-9-4-5-10-22(21)27-25(29(24)12-6-11-28-13-15-31-16-14-28)33-18-20-17-32-23(26-20)19-7-2-1-3-8-19/h1-5,7-10,17H,6,11-16,18H2. The van der Waals surface area contributed by atoms with Gasteiger partial charge in [0, 0.05) is 42.9 Å². The molecule has 6 nitrogen and oxygen atoms in total. The Morgan fingerprint density at radius 1 is 0.970 bits per heavy atom. The first kappa shape index (κ1) is 22.3. The number of ether oxygens (including phenoxy) is 1. The molecule has 5 rings (SSSR count). The van der Waals surface area contributed by atoms with E-state index >= 15 is 0 Å². The van der Waals surface area contributed by atoms with Crippen molar-refractivity contribution in [3.05, 3.63) is 76.0 Å². The number of morpholine rings is 1. The molecule has 0 radical (unpaired) electrons. The van der Waals surface area contributed by atoms with E-state index in [0.29, 0.717) is 17.7 Å². The fourth-order valence-electron chi connectivity index (χ4n) is 3.96. The molecule has 0 bridgehead atoms. The molecule has 3 heterocycles. The summed E-state index contributed by atoms with van der Waals surface area (Å²) in [4.78, 5) is 25.3. The van der Waals surface area contributed by atoms with Crippen LogP contribution in [0.4, 0.5) is 0 Å². The second kappa shape index (κ2) is 10.6. The van der Waals surface area contributed by atoms with Crippen LogP contribution < -0.4 is 5.56 Å². The highest BCUT2D eigenvalue weighted by molar-refractivity contribution is 7.98. The van der Waals surface area contributed by atoms with Crippen molar-refractivity contribution < 1.29 is 4.74 Å². The molecule has 0 aliphatic carbocycles. The summed E-state index contributed by atoms with van der Waals surface area (Å²) in [5.74, 6) is 0.678. The zero-order valence-corrected chi connectivity index (χ0v) is 20.0. The van der Waals surface area contributed by atoms with Crippen molar-refractivity contribution in [2.75, 3.05) is 32.8 Å². The minimum absolute atomic E-state index is 0.0355.